The van der Waals surface area contributed by atoms with Crippen molar-refractivity contribution in [2.75, 3.05) is 5.73 Å². The van der Waals surface area contributed by atoms with E-state index < -0.39 is 0 Å². The first kappa shape index (κ1) is 11.8. The Morgan fingerprint density at radius 2 is 2.32 bits per heavy atom. The summed E-state index contributed by atoms with van der Waals surface area (Å²) in [6.45, 7) is 2.14. The van der Waals surface area contributed by atoms with Crippen molar-refractivity contribution >= 4 is 17.0 Å². The molecule has 3 aromatic heterocycles. The second-order valence-electron chi connectivity index (χ2n) is 4.67. The minimum absolute atomic E-state index is 0.262. The molecule has 0 saturated heterocycles. The molecule has 0 amide bonds. The van der Waals surface area contributed by atoms with Gasteiger partial charge in [0.2, 0.25) is 5.95 Å². The summed E-state index contributed by atoms with van der Waals surface area (Å²) in [6, 6.07) is 6.11. The number of rotatable bonds is 4. The van der Waals surface area contributed by atoms with Crippen LogP contribution in [0.4, 0.5) is 5.95 Å². The molecular formula is C14H16N4O. The van der Waals surface area contributed by atoms with Crippen molar-refractivity contribution in [2.45, 2.75) is 25.8 Å². The minimum atomic E-state index is 0.262. The van der Waals surface area contributed by atoms with Crippen LogP contribution in [0.3, 0.4) is 0 Å². The molecule has 0 fully saturated rings. The SMILES string of the molecule is CC(CCc1ccco1)n1c(N)nc2cnccc21. The van der Waals surface area contributed by atoms with Crippen LogP contribution in [0.15, 0.2) is 41.3 Å². The number of aryl methyl sites for hydroxylation is 1. The highest BCUT2D eigenvalue weighted by Gasteiger charge is 2.14. The number of aromatic nitrogens is 3. The predicted octanol–water partition coefficient (Wildman–Crippen LogP) is 2.80. The van der Waals surface area contributed by atoms with Gasteiger partial charge in [-0.1, -0.05) is 0 Å². The summed E-state index contributed by atoms with van der Waals surface area (Å²) in [5.74, 6) is 1.53. The number of hydrogen-bond donors (Lipinski definition) is 1. The number of pyridine rings is 1. The maximum absolute atomic E-state index is 6.00. The molecule has 3 aromatic rings. The van der Waals surface area contributed by atoms with E-state index in [1.807, 2.05) is 18.2 Å². The highest BCUT2D eigenvalue weighted by atomic mass is 16.3. The van der Waals surface area contributed by atoms with Crippen molar-refractivity contribution in [3.63, 3.8) is 0 Å². The number of furan rings is 1. The van der Waals surface area contributed by atoms with Crippen molar-refractivity contribution < 1.29 is 4.42 Å². The van der Waals surface area contributed by atoms with E-state index in [1.54, 1.807) is 18.7 Å². The largest absolute Gasteiger partial charge is 0.469 e. The molecule has 19 heavy (non-hydrogen) atoms. The van der Waals surface area contributed by atoms with Crippen molar-refractivity contribution in [3.05, 3.63) is 42.6 Å². The van der Waals surface area contributed by atoms with E-state index in [1.165, 1.54) is 0 Å². The topological polar surface area (TPSA) is 69.9 Å². The van der Waals surface area contributed by atoms with Crippen LogP contribution in [-0.2, 0) is 6.42 Å². The average molecular weight is 256 g/mol. The van der Waals surface area contributed by atoms with E-state index >= 15 is 0 Å². The first-order valence-corrected chi connectivity index (χ1v) is 6.35. The van der Waals surface area contributed by atoms with Gasteiger partial charge in [0.15, 0.2) is 0 Å². The van der Waals surface area contributed by atoms with Crippen LogP contribution in [0.1, 0.15) is 25.1 Å². The lowest BCUT2D eigenvalue weighted by molar-refractivity contribution is 0.460. The first-order chi connectivity index (χ1) is 9.25. The number of nitrogens with zero attached hydrogens (tertiary/aromatic N) is 3. The molecule has 3 heterocycles. The van der Waals surface area contributed by atoms with Crippen LogP contribution < -0.4 is 5.73 Å². The summed E-state index contributed by atoms with van der Waals surface area (Å²) >= 11 is 0. The fourth-order valence-corrected chi connectivity index (χ4v) is 2.37. The Morgan fingerprint density at radius 3 is 3.11 bits per heavy atom. The fraction of sp³-hybridized carbons (Fsp3) is 0.286. The van der Waals surface area contributed by atoms with Crippen LogP contribution >= 0.6 is 0 Å². The molecule has 0 bridgehead atoms. The molecule has 0 saturated carbocycles. The maximum Gasteiger partial charge on any atom is 0.201 e. The Morgan fingerprint density at radius 1 is 1.42 bits per heavy atom. The quantitative estimate of drug-likeness (QED) is 0.779. The van der Waals surface area contributed by atoms with Gasteiger partial charge in [0.05, 0.1) is 18.0 Å². The lowest BCUT2D eigenvalue weighted by atomic mass is 10.1. The molecule has 98 valence electrons. The van der Waals surface area contributed by atoms with Crippen LogP contribution in [0.2, 0.25) is 0 Å². The molecule has 0 spiro atoms. The Kier molecular flexibility index (Phi) is 2.95. The van der Waals surface area contributed by atoms with Gasteiger partial charge >= 0.3 is 0 Å². The third-order valence-corrected chi connectivity index (χ3v) is 3.35. The second-order valence-corrected chi connectivity index (χ2v) is 4.67. The molecule has 0 aromatic carbocycles. The van der Waals surface area contributed by atoms with Crippen LogP contribution in [-0.4, -0.2) is 14.5 Å². The fourth-order valence-electron chi connectivity index (χ4n) is 2.37. The summed E-state index contributed by atoms with van der Waals surface area (Å²) < 4.78 is 7.41. The van der Waals surface area contributed by atoms with E-state index in [4.69, 9.17) is 10.2 Å². The van der Waals surface area contributed by atoms with Gasteiger partial charge in [-0.2, -0.15) is 0 Å². The van der Waals surface area contributed by atoms with Crippen LogP contribution in [0.5, 0.6) is 0 Å². The lowest BCUT2D eigenvalue weighted by Gasteiger charge is -2.15. The summed E-state index contributed by atoms with van der Waals surface area (Å²) in [5, 5.41) is 0. The van der Waals surface area contributed by atoms with Crippen molar-refractivity contribution in [3.8, 4) is 0 Å². The molecule has 5 nitrogen and oxygen atoms in total. The monoisotopic (exact) mass is 256 g/mol. The Bertz CT molecular complexity index is 672. The number of hydrogen-bond acceptors (Lipinski definition) is 4. The number of fused-ring (bicyclic) bond motifs is 1. The zero-order valence-electron chi connectivity index (χ0n) is 10.8. The third kappa shape index (κ3) is 2.19. The van der Waals surface area contributed by atoms with E-state index in [9.17, 15) is 0 Å². The number of nitrogens with two attached hydrogens (primary N) is 1. The molecule has 0 aliphatic heterocycles. The van der Waals surface area contributed by atoms with Crippen molar-refractivity contribution in [1.82, 2.24) is 14.5 Å². The van der Waals surface area contributed by atoms with E-state index in [-0.39, 0.29) is 6.04 Å². The van der Waals surface area contributed by atoms with Crippen molar-refractivity contribution in [1.29, 1.82) is 0 Å². The van der Waals surface area contributed by atoms with E-state index in [0.29, 0.717) is 5.95 Å². The van der Waals surface area contributed by atoms with E-state index in [0.717, 1.165) is 29.6 Å². The number of anilines is 1. The normalized spacial score (nSPS) is 12.9. The van der Waals surface area contributed by atoms with Crippen molar-refractivity contribution in [2.24, 2.45) is 0 Å². The molecule has 0 aliphatic rings. The average Bonchev–Trinajstić information content (AvgIpc) is 3.02. The lowest BCUT2D eigenvalue weighted by Crippen LogP contribution is -2.09. The zero-order valence-corrected chi connectivity index (χ0v) is 10.8. The van der Waals surface area contributed by atoms with Gasteiger partial charge in [-0.05, 0) is 31.5 Å². The highest BCUT2D eigenvalue weighted by Crippen LogP contribution is 2.24. The molecular weight excluding hydrogens is 240 g/mol. The standard InChI is InChI=1S/C14H16N4O/c1-10(4-5-11-3-2-8-19-11)18-13-6-7-16-9-12(13)17-14(18)15/h2-3,6-10H,4-5H2,1H3,(H2,15,17). The van der Waals surface area contributed by atoms with Gasteiger partial charge in [-0.15, -0.1) is 0 Å². The van der Waals surface area contributed by atoms with Crippen LogP contribution in [0, 0.1) is 0 Å². The van der Waals surface area contributed by atoms with E-state index in [2.05, 4.69) is 21.5 Å². The minimum Gasteiger partial charge on any atom is -0.469 e. The van der Waals surface area contributed by atoms with Crippen LogP contribution in [0.25, 0.3) is 11.0 Å². The Labute approximate surface area is 111 Å². The molecule has 0 radical (unpaired) electrons. The van der Waals surface area contributed by atoms with Gasteiger partial charge in [-0.25, -0.2) is 4.98 Å². The Hall–Kier alpha value is -2.30. The Balaban J connectivity index is 1.84. The zero-order chi connectivity index (χ0) is 13.2. The summed E-state index contributed by atoms with van der Waals surface area (Å²) in [7, 11) is 0. The second kappa shape index (κ2) is 4.76. The summed E-state index contributed by atoms with van der Waals surface area (Å²) in [6.07, 6.45) is 7.04. The third-order valence-electron chi connectivity index (χ3n) is 3.35. The van der Waals surface area contributed by atoms with Gasteiger partial charge < -0.3 is 14.7 Å². The highest BCUT2D eigenvalue weighted by molar-refractivity contribution is 5.77. The predicted molar refractivity (Wildman–Crippen MR) is 73.7 cm³/mol. The van der Waals surface area contributed by atoms with Gasteiger partial charge in [-0.3, -0.25) is 4.98 Å². The summed E-state index contributed by atoms with van der Waals surface area (Å²) in [5.41, 5.74) is 7.87. The number of imidazole rings is 1. The smallest absolute Gasteiger partial charge is 0.201 e. The molecule has 1 atom stereocenters. The van der Waals surface area contributed by atoms with Gasteiger partial charge in [0.1, 0.15) is 11.3 Å². The first-order valence-electron chi connectivity index (χ1n) is 6.35. The van der Waals surface area contributed by atoms with Gasteiger partial charge in [0, 0.05) is 18.7 Å². The number of nitrogen functional groups attached to an aromatic ring is 1. The maximum atomic E-state index is 6.00. The summed E-state index contributed by atoms with van der Waals surface area (Å²) in [4.78, 5) is 8.40. The molecule has 0 aliphatic carbocycles. The van der Waals surface area contributed by atoms with Gasteiger partial charge in [0.25, 0.3) is 0 Å². The molecule has 2 N–H and O–H groups in total. The molecule has 1 unspecified atom stereocenters. The molecule has 3 rings (SSSR count). The molecule has 5 heteroatoms.